The number of nitrogens with zero attached hydrogens (tertiary/aromatic N) is 1. The third kappa shape index (κ3) is 9.58. The summed E-state index contributed by atoms with van der Waals surface area (Å²) in [6.45, 7) is 9.81. The Balaban J connectivity index is 0.000000754. The van der Waals surface area contributed by atoms with Crippen molar-refractivity contribution in [1.29, 1.82) is 0 Å². The molecule has 0 aliphatic rings. The molecule has 24 heavy (non-hydrogen) atoms. The summed E-state index contributed by atoms with van der Waals surface area (Å²) >= 11 is 0. The molecule has 0 radical (unpaired) electrons. The van der Waals surface area contributed by atoms with E-state index in [-0.39, 0.29) is 5.78 Å². The van der Waals surface area contributed by atoms with Gasteiger partial charge in [0.2, 0.25) is 0 Å². The lowest BCUT2D eigenvalue weighted by atomic mass is 10.1. The smallest absolute Gasteiger partial charge is 0.414 e. The number of benzene rings is 1. The van der Waals surface area contributed by atoms with Crippen LogP contribution in [0.15, 0.2) is 24.3 Å². The van der Waals surface area contributed by atoms with Crippen LogP contribution in [0.5, 0.6) is 5.75 Å². The van der Waals surface area contributed by atoms with Crippen molar-refractivity contribution in [2.24, 2.45) is 0 Å². The van der Waals surface area contributed by atoms with Crippen LogP contribution in [0.4, 0.5) is 0 Å². The predicted molar refractivity (Wildman–Crippen MR) is 89.6 cm³/mol. The molecule has 0 aliphatic carbocycles. The van der Waals surface area contributed by atoms with Crippen LogP contribution in [0.1, 0.15) is 37.6 Å². The highest BCUT2D eigenvalue weighted by Gasteiger charge is 2.04. The Morgan fingerprint density at radius 1 is 1.08 bits per heavy atom. The Morgan fingerprint density at radius 2 is 1.67 bits per heavy atom. The molecule has 0 fully saturated rings. The molecular formula is C17H25NO6. The molecule has 0 atom stereocenters. The van der Waals surface area contributed by atoms with E-state index in [1.165, 1.54) is 0 Å². The number of carboxylic acids is 2. The third-order valence-corrected chi connectivity index (χ3v) is 3.21. The van der Waals surface area contributed by atoms with Gasteiger partial charge in [0.05, 0.1) is 6.61 Å². The van der Waals surface area contributed by atoms with Crippen LogP contribution in [0.25, 0.3) is 0 Å². The number of hydrogen-bond donors (Lipinski definition) is 2. The van der Waals surface area contributed by atoms with Gasteiger partial charge in [0.25, 0.3) is 0 Å². The van der Waals surface area contributed by atoms with E-state index < -0.39 is 11.9 Å². The topological polar surface area (TPSA) is 104 Å². The Bertz CT molecular complexity index is 528. The molecule has 134 valence electrons. The monoisotopic (exact) mass is 339 g/mol. The van der Waals surface area contributed by atoms with Crippen molar-refractivity contribution in [1.82, 2.24) is 4.90 Å². The molecule has 0 aromatic heterocycles. The Hall–Kier alpha value is -2.41. The SMILES string of the molecule is CCN(CC)CCCOc1cccc(C(C)=O)c1.O=C(O)C(=O)O. The maximum atomic E-state index is 11.2. The lowest BCUT2D eigenvalue weighted by Gasteiger charge is -2.17. The molecule has 1 rings (SSSR count). The number of carbonyl (C=O) groups is 3. The molecule has 7 heteroatoms. The summed E-state index contributed by atoms with van der Waals surface area (Å²) in [5.41, 5.74) is 0.705. The number of carboxylic acid groups (broad SMARTS) is 2. The highest BCUT2D eigenvalue weighted by atomic mass is 16.5. The predicted octanol–water partition coefficient (Wildman–Crippen LogP) is 2.16. The highest BCUT2D eigenvalue weighted by Crippen LogP contribution is 2.13. The molecule has 0 aliphatic heterocycles. The first-order valence-electron chi connectivity index (χ1n) is 7.74. The van der Waals surface area contributed by atoms with Crippen molar-refractivity contribution in [3.8, 4) is 5.75 Å². The minimum Gasteiger partial charge on any atom is -0.494 e. The number of carbonyl (C=O) groups excluding carboxylic acids is 1. The van der Waals surface area contributed by atoms with Crippen molar-refractivity contribution in [2.45, 2.75) is 27.2 Å². The summed E-state index contributed by atoms with van der Waals surface area (Å²) < 4.78 is 5.66. The van der Waals surface area contributed by atoms with E-state index in [0.717, 1.165) is 31.8 Å². The number of ether oxygens (including phenoxy) is 1. The van der Waals surface area contributed by atoms with Gasteiger partial charge in [-0.15, -0.1) is 0 Å². The van der Waals surface area contributed by atoms with E-state index in [4.69, 9.17) is 24.5 Å². The van der Waals surface area contributed by atoms with Crippen LogP contribution in [0.2, 0.25) is 0 Å². The molecule has 0 heterocycles. The van der Waals surface area contributed by atoms with Crippen LogP contribution < -0.4 is 4.74 Å². The quantitative estimate of drug-likeness (QED) is 0.425. The van der Waals surface area contributed by atoms with E-state index in [0.29, 0.717) is 12.2 Å². The number of Topliss-reactive ketones (excluding diaryl/α,β-unsaturated/α-hetero) is 1. The summed E-state index contributed by atoms with van der Waals surface area (Å²) in [7, 11) is 0. The molecule has 7 nitrogen and oxygen atoms in total. The van der Waals surface area contributed by atoms with Crippen LogP contribution in [0.3, 0.4) is 0 Å². The second-order valence-corrected chi connectivity index (χ2v) is 4.92. The first-order chi connectivity index (χ1) is 11.3. The van der Waals surface area contributed by atoms with E-state index >= 15 is 0 Å². The average molecular weight is 339 g/mol. The number of ketones is 1. The molecule has 0 bridgehead atoms. The van der Waals surface area contributed by atoms with Crippen molar-refractivity contribution >= 4 is 17.7 Å². The first kappa shape index (κ1) is 21.6. The van der Waals surface area contributed by atoms with E-state index in [1.54, 1.807) is 13.0 Å². The fraction of sp³-hybridized carbons (Fsp3) is 0.471. The Labute approximate surface area is 141 Å². The van der Waals surface area contributed by atoms with Crippen LogP contribution >= 0.6 is 0 Å². The van der Waals surface area contributed by atoms with Gasteiger partial charge in [-0.3, -0.25) is 4.79 Å². The number of rotatable bonds is 8. The Kier molecular flexibility index (Phi) is 10.9. The van der Waals surface area contributed by atoms with E-state index in [2.05, 4.69) is 18.7 Å². The average Bonchev–Trinajstić information content (AvgIpc) is 2.55. The zero-order valence-corrected chi connectivity index (χ0v) is 14.3. The highest BCUT2D eigenvalue weighted by molar-refractivity contribution is 6.27. The minimum atomic E-state index is -1.82. The van der Waals surface area contributed by atoms with Gasteiger partial charge in [0, 0.05) is 12.1 Å². The van der Waals surface area contributed by atoms with Crippen LogP contribution in [-0.4, -0.2) is 59.1 Å². The summed E-state index contributed by atoms with van der Waals surface area (Å²) in [6, 6.07) is 7.37. The van der Waals surface area contributed by atoms with Gasteiger partial charge in [-0.1, -0.05) is 26.0 Å². The lowest BCUT2D eigenvalue weighted by Crippen LogP contribution is -2.25. The fourth-order valence-electron chi connectivity index (χ4n) is 1.82. The molecule has 0 saturated carbocycles. The van der Waals surface area contributed by atoms with Crippen molar-refractivity contribution < 1.29 is 29.3 Å². The maximum absolute atomic E-state index is 11.2. The van der Waals surface area contributed by atoms with Crippen LogP contribution in [0, 0.1) is 0 Å². The van der Waals surface area contributed by atoms with Crippen molar-refractivity contribution in [3.63, 3.8) is 0 Å². The van der Waals surface area contributed by atoms with Gasteiger partial charge in [0.1, 0.15) is 5.75 Å². The van der Waals surface area contributed by atoms with Gasteiger partial charge in [-0.2, -0.15) is 0 Å². The van der Waals surface area contributed by atoms with E-state index in [1.807, 2.05) is 18.2 Å². The Morgan fingerprint density at radius 3 is 2.12 bits per heavy atom. The van der Waals surface area contributed by atoms with Gasteiger partial charge >= 0.3 is 11.9 Å². The van der Waals surface area contributed by atoms with Gasteiger partial charge < -0.3 is 19.8 Å². The standard InChI is InChI=1S/C15H23NO2.C2H2O4/c1-4-16(5-2)10-7-11-18-15-9-6-8-14(12-15)13(3)17;3-1(4)2(5)6/h6,8-9,12H,4-5,7,10-11H2,1-3H3;(H,3,4)(H,5,6). The fourth-order valence-corrected chi connectivity index (χ4v) is 1.82. The normalized spacial score (nSPS) is 9.83. The second-order valence-electron chi connectivity index (χ2n) is 4.92. The van der Waals surface area contributed by atoms with Gasteiger partial charge in [0.15, 0.2) is 5.78 Å². The number of aliphatic carboxylic acids is 2. The summed E-state index contributed by atoms with van der Waals surface area (Å²) in [6.07, 6.45) is 1.01. The summed E-state index contributed by atoms with van der Waals surface area (Å²) in [5.74, 6) is -2.80. The third-order valence-electron chi connectivity index (χ3n) is 3.21. The van der Waals surface area contributed by atoms with E-state index in [9.17, 15) is 4.79 Å². The van der Waals surface area contributed by atoms with Crippen molar-refractivity contribution in [3.05, 3.63) is 29.8 Å². The molecule has 0 amide bonds. The zero-order valence-electron chi connectivity index (χ0n) is 14.3. The second kappa shape index (κ2) is 12.1. The molecular weight excluding hydrogens is 314 g/mol. The minimum absolute atomic E-state index is 0.0728. The molecule has 0 spiro atoms. The first-order valence-corrected chi connectivity index (χ1v) is 7.74. The largest absolute Gasteiger partial charge is 0.494 e. The van der Waals surface area contributed by atoms with Gasteiger partial charge in [-0.05, 0) is 38.6 Å². The van der Waals surface area contributed by atoms with Crippen LogP contribution in [-0.2, 0) is 9.59 Å². The summed E-state index contributed by atoms with van der Waals surface area (Å²) in [4.78, 5) is 31.8. The summed E-state index contributed by atoms with van der Waals surface area (Å²) in [5, 5.41) is 14.8. The molecule has 1 aromatic rings. The molecule has 1 aromatic carbocycles. The van der Waals surface area contributed by atoms with Crippen molar-refractivity contribution in [2.75, 3.05) is 26.2 Å². The lowest BCUT2D eigenvalue weighted by molar-refractivity contribution is -0.159. The molecule has 2 N–H and O–H groups in total. The molecule has 0 saturated heterocycles. The number of hydrogen-bond acceptors (Lipinski definition) is 5. The molecule has 0 unspecified atom stereocenters. The zero-order chi connectivity index (χ0) is 18.5. The maximum Gasteiger partial charge on any atom is 0.414 e. The van der Waals surface area contributed by atoms with Gasteiger partial charge in [-0.25, -0.2) is 9.59 Å².